The van der Waals surface area contributed by atoms with Crippen LogP contribution in [0.2, 0.25) is 0 Å². The Morgan fingerprint density at radius 2 is 2.12 bits per heavy atom. The summed E-state index contributed by atoms with van der Waals surface area (Å²) in [7, 11) is 4.11. The van der Waals surface area contributed by atoms with Crippen molar-refractivity contribution in [3.05, 3.63) is 41.9 Å². The van der Waals surface area contributed by atoms with Gasteiger partial charge in [-0.3, -0.25) is 0 Å². The minimum atomic E-state index is 0.551. The molecule has 1 aliphatic heterocycles. The second-order valence-electron chi connectivity index (χ2n) is 6.47. The molecule has 3 heterocycles. The molecule has 0 bridgehead atoms. The molecule has 7 heteroatoms. The van der Waals surface area contributed by atoms with Crippen LogP contribution < -0.4 is 15.1 Å². The Morgan fingerprint density at radius 1 is 1.27 bits per heavy atom. The summed E-state index contributed by atoms with van der Waals surface area (Å²) in [5.41, 5.74) is 5.49. The van der Waals surface area contributed by atoms with Crippen molar-refractivity contribution < 1.29 is 4.42 Å². The first-order valence-corrected chi connectivity index (χ1v) is 8.69. The number of benzene rings is 1. The van der Waals surface area contributed by atoms with Crippen molar-refractivity contribution in [1.82, 2.24) is 15.2 Å². The Morgan fingerprint density at radius 3 is 2.85 bits per heavy atom. The third-order valence-electron chi connectivity index (χ3n) is 4.72. The van der Waals surface area contributed by atoms with Crippen LogP contribution in [0.1, 0.15) is 18.4 Å². The molecule has 0 saturated heterocycles. The van der Waals surface area contributed by atoms with Crippen LogP contribution in [0.4, 0.5) is 22.9 Å². The molecule has 0 unspecified atom stereocenters. The number of anilines is 4. The Labute approximate surface area is 152 Å². The quantitative estimate of drug-likeness (QED) is 0.771. The summed E-state index contributed by atoms with van der Waals surface area (Å²) >= 11 is 0. The van der Waals surface area contributed by atoms with Gasteiger partial charge in [-0.05, 0) is 30.2 Å². The number of rotatable bonds is 4. The van der Waals surface area contributed by atoms with Crippen LogP contribution >= 0.6 is 0 Å². The molecule has 134 valence electrons. The molecule has 0 radical (unpaired) electrons. The number of pyridine rings is 1. The van der Waals surface area contributed by atoms with E-state index in [0.29, 0.717) is 11.8 Å². The first kappa shape index (κ1) is 16.4. The zero-order valence-electron chi connectivity index (χ0n) is 15.4. The summed E-state index contributed by atoms with van der Waals surface area (Å²) in [6.07, 6.45) is 2.79. The largest absolute Gasteiger partial charge is 0.421 e. The van der Waals surface area contributed by atoms with Gasteiger partial charge in [-0.15, -0.1) is 10.2 Å². The minimum absolute atomic E-state index is 0.551. The first-order valence-electron chi connectivity index (χ1n) is 8.69. The summed E-state index contributed by atoms with van der Waals surface area (Å²) in [6.45, 7) is 4.75. The second-order valence-corrected chi connectivity index (χ2v) is 6.47. The van der Waals surface area contributed by atoms with Gasteiger partial charge in [0.1, 0.15) is 5.82 Å². The monoisotopic (exact) mass is 350 g/mol. The molecule has 0 saturated carbocycles. The molecule has 0 amide bonds. The smallest absolute Gasteiger partial charge is 0.247 e. The number of fused-ring (bicyclic) bond motifs is 1. The van der Waals surface area contributed by atoms with E-state index in [1.807, 2.05) is 19.3 Å². The van der Waals surface area contributed by atoms with E-state index in [-0.39, 0.29) is 0 Å². The molecule has 0 aliphatic carbocycles. The summed E-state index contributed by atoms with van der Waals surface area (Å²) in [4.78, 5) is 8.91. The van der Waals surface area contributed by atoms with Crippen molar-refractivity contribution in [2.24, 2.45) is 0 Å². The molecule has 0 atom stereocenters. The van der Waals surface area contributed by atoms with Crippen molar-refractivity contribution in [2.45, 2.75) is 20.3 Å². The molecule has 7 nitrogen and oxygen atoms in total. The van der Waals surface area contributed by atoms with Gasteiger partial charge in [0.05, 0.1) is 24.2 Å². The molecule has 3 aromatic rings. The van der Waals surface area contributed by atoms with Crippen molar-refractivity contribution in [3.8, 4) is 11.5 Å². The molecular formula is C19H22N6O. The lowest BCUT2D eigenvalue weighted by molar-refractivity contribution is 0.532. The average molecular weight is 350 g/mol. The lowest BCUT2D eigenvalue weighted by Crippen LogP contribution is -2.17. The predicted octanol–water partition coefficient (Wildman–Crippen LogP) is 3.59. The first-order chi connectivity index (χ1) is 12.6. The fourth-order valence-corrected chi connectivity index (χ4v) is 3.22. The van der Waals surface area contributed by atoms with Gasteiger partial charge in [0.15, 0.2) is 0 Å². The highest BCUT2D eigenvalue weighted by Crippen LogP contribution is 2.35. The highest BCUT2D eigenvalue weighted by atomic mass is 16.4. The van der Waals surface area contributed by atoms with Gasteiger partial charge >= 0.3 is 0 Å². The van der Waals surface area contributed by atoms with E-state index in [4.69, 9.17) is 4.42 Å². The normalized spacial score (nSPS) is 12.8. The molecule has 2 aromatic heterocycles. The Bertz CT molecular complexity index is 951. The molecule has 1 aliphatic rings. The van der Waals surface area contributed by atoms with E-state index in [0.717, 1.165) is 41.5 Å². The van der Waals surface area contributed by atoms with E-state index in [9.17, 15) is 0 Å². The number of aromatic nitrogens is 3. The van der Waals surface area contributed by atoms with Gasteiger partial charge in [-0.1, -0.05) is 6.92 Å². The number of nitrogens with one attached hydrogen (secondary N) is 1. The van der Waals surface area contributed by atoms with E-state index in [1.54, 1.807) is 6.92 Å². The topological polar surface area (TPSA) is 70.3 Å². The lowest BCUT2D eigenvalue weighted by atomic mass is 10.1. The highest BCUT2D eigenvalue weighted by molar-refractivity contribution is 5.78. The maximum atomic E-state index is 5.56. The van der Waals surface area contributed by atoms with E-state index in [2.05, 4.69) is 62.5 Å². The molecule has 1 aromatic carbocycles. The van der Waals surface area contributed by atoms with Crippen molar-refractivity contribution >= 4 is 22.9 Å². The third-order valence-corrected chi connectivity index (χ3v) is 4.72. The number of hydrogen-bond acceptors (Lipinski definition) is 7. The van der Waals surface area contributed by atoms with Crippen LogP contribution in [0.3, 0.4) is 0 Å². The summed E-state index contributed by atoms with van der Waals surface area (Å²) in [5, 5.41) is 11.4. The van der Waals surface area contributed by atoms with Crippen LogP contribution in [0.5, 0.6) is 0 Å². The second kappa shape index (κ2) is 6.33. The number of nitrogens with zero attached hydrogens (tertiary/aromatic N) is 5. The summed E-state index contributed by atoms with van der Waals surface area (Å²) in [5.74, 6) is 2.03. The van der Waals surface area contributed by atoms with Crippen LogP contribution in [-0.2, 0) is 6.42 Å². The molecular weight excluding hydrogens is 328 g/mol. The van der Waals surface area contributed by atoms with Crippen molar-refractivity contribution in [1.29, 1.82) is 0 Å². The summed E-state index contributed by atoms with van der Waals surface area (Å²) < 4.78 is 5.56. The van der Waals surface area contributed by atoms with Crippen molar-refractivity contribution in [2.75, 3.05) is 35.9 Å². The van der Waals surface area contributed by atoms with Crippen LogP contribution in [0.25, 0.3) is 11.5 Å². The standard InChI is InChI=1S/C19H22N6O/c1-5-13-8-14(19-23-22-12(2)26-19)6-7-16(13)25(4)18-9-17-15(10-20-18)21-11-24(17)3/h6-10,21H,5,11H2,1-4H3. The zero-order valence-corrected chi connectivity index (χ0v) is 15.4. The molecule has 4 rings (SSSR count). The predicted molar refractivity (Wildman–Crippen MR) is 103 cm³/mol. The van der Waals surface area contributed by atoms with Gasteiger partial charge in [0.2, 0.25) is 11.8 Å². The van der Waals surface area contributed by atoms with Crippen LogP contribution in [-0.4, -0.2) is 35.9 Å². The number of hydrogen-bond donors (Lipinski definition) is 1. The molecule has 0 spiro atoms. The van der Waals surface area contributed by atoms with Gasteiger partial charge < -0.3 is 19.5 Å². The van der Waals surface area contributed by atoms with E-state index < -0.39 is 0 Å². The van der Waals surface area contributed by atoms with E-state index in [1.165, 1.54) is 5.56 Å². The maximum Gasteiger partial charge on any atom is 0.247 e. The van der Waals surface area contributed by atoms with Gasteiger partial charge in [0.25, 0.3) is 0 Å². The molecule has 1 N–H and O–H groups in total. The van der Waals surface area contributed by atoms with Gasteiger partial charge in [-0.25, -0.2) is 4.98 Å². The minimum Gasteiger partial charge on any atom is -0.421 e. The van der Waals surface area contributed by atoms with E-state index >= 15 is 0 Å². The number of aryl methyl sites for hydroxylation is 2. The SMILES string of the molecule is CCc1cc(-c2nnc(C)o2)ccc1N(C)c1cc2c(cn1)NCN2C. The zero-order chi connectivity index (χ0) is 18.3. The lowest BCUT2D eigenvalue weighted by Gasteiger charge is -2.23. The summed E-state index contributed by atoms with van der Waals surface area (Å²) in [6, 6.07) is 8.33. The van der Waals surface area contributed by atoms with Crippen LogP contribution in [0.15, 0.2) is 34.9 Å². The highest BCUT2D eigenvalue weighted by Gasteiger charge is 2.19. The van der Waals surface area contributed by atoms with Crippen LogP contribution in [0, 0.1) is 6.92 Å². The van der Waals surface area contributed by atoms with Gasteiger partial charge in [-0.2, -0.15) is 0 Å². The average Bonchev–Trinajstić information content (AvgIpc) is 3.26. The molecule has 26 heavy (non-hydrogen) atoms. The fraction of sp³-hybridized carbons (Fsp3) is 0.316. The maximum absolute atomic E-state index is 5.56. The van der Waals surface area contributed by atoms with Crippen molar-refractivity contribution in [3.63, 3.8) is 0 Å². The van der Waals surface area contributed by atoms with Gasteiger partial charge in [0, 0.05) is 38.3 Å². The Hall–Kier alpha value is -3.09. The fourth-order valence-electron chi connectivity index (χ4n) is 3.22. The third kappa shape index (κ3) is 2.75. The molecule has 0 fully saturated rings. The Balaban J connectivity index is 1.70. The Kier molecular flexibility index (Phi) is 3.99.